The zero-order chi connectivity index (χ0) is 23.1. The Bertz CT molecular complexity index is 1190. The van der Waals surface area contributed by atoms with Gasteiger partial charge in [-0.25, -0.2) is 13.9 Å². The number of nitrogen functional groups attached to an aromatic ring is 1. The number of nitrogens with two attached hydrogens (primary N) is 2. The smallest absolute Gasteiger partial charge is 0.251 e. The number of thiazole rings is 1. The first-order valence-corrected chi connectivity index (χ1v) is 12.5. The third-order valence-corrected chi connectivity index (χ3v) is 7.24. The average Bonchev–Trinajstić information content (AvgIpc) is 3.32. The van der Waals surface area contributed by atoms with E-state index < -0.39 is 15.7 Å². The van der Waals surface area contributed by atoms with E-state index in [0.717, 1.165) is 10.6 Å². The number of carbonyl (C=O) groups excluding carboxylic acids is 1. The van der Waals surface area contributed by atoms with Crippen LogP contribution >= 0.6 is 11.3 Å². The fourth-order valence-corrected chi connectivity index (χ4v) is 5.29. The summed E-state index contributed by atoms with van der Waals surface area (Å²) in [7, 11) is -2.96. The van der Waals surface area contributed by atoms with Crippen molar-refractivity contribution in [2.45, 2.75) is 17.4 Å². The molecule has 0 aliphatic heterocycles. The number of carbonyl (C=O) groups is 1. The maximum absolute atomic E-state index is 13.6. The zero-order valence-corrected chi connectivity index (χ0v) is 19.0. The molecule has 0 bridgehead atoms. The first kappa shape index (κ1) is 23.6. The van der Waals surface area contributed by atoms with Crippen molar-refractivity contribution in [1.29, 1.82) is 5.41 Å². The van der Waals surface area contributed by atoms with Crippen molar-refractivity contribution in [1.82, 2.24) is 15.0 Å². The predicted molar refractivity (Wildman–Crippen MR) is 131 cm³/mol. The quantitative estimate of drug-likeness (QED) is 0.174. The van der Waals surface area contributed by atoms with Gasteiger partial charge in [0.25, 0.3) is 5.91 Å². The topological polar surface area (TPSA) is 147 Å². The van der Waals surface area contributed by atoms with Gasteiger partial charge in [-0.1, -0.05) is 24.3 Å². The molecule has 0 fully saturated rings. The number of hydrogen-bond donors (Lipinski definition) is 5. The van der Waals surface area contributed by atoms with Gasteiger partial charge in [0.15, 0.2) is 0 Å². The molecule has 1 amide bonds. The maximum Gasteiger partial charge on any atom is 0.251 e. The van der Waals surface area contributed by atoms with Gasteiger partial charge in [-0.05, 0) is 42.1 Å². The van der Waals surface area contributed by atoms with Crippen molar-refractivity contribution >= 4 is 38.7 Å². The number of hydrogen-bond acceptors (Lipinski definition) is 6. The standard InChI is InChI=1S/C22H26N6O2S2/c1-32(30,18-7-3-6-17(14-18)21(29)26-9-8-23)28-19(22-27-10-11-31-22)13-15-4-2-5-16(12-15)20(24)25/h2-7,10-12,14,19H,1,8-9,13,23H2,(H3,24,25)(H,26,29)(H,28,30). The molecule has 10 heteroatoms. The van der Waals surface area contributed by atoms with E-state index in [1.807, 2.05) is 23.6 Å². The highest BCUT2D eigenvalue weighted by molar-refractivity contribution is 7.98. The Balaban J connectivity index is 1.87. The van der Waals surface area contributed by atoms with Gasteiger partial charge >= 0.3 is 0 Å². The van der Waals surface area contributed by atoms with Gasteiger partial charge in [0.05, 0.1) is 15.7 Å². The molecule has 168 valence electrons. The van der Waals surface area contributed by atoms with Gasteiger partial charge in [0, 0.05) is 40.7 Å². The van der Waals surface area contributed by atoms with Crippen molar-refractivity contribution in [2.24, 2.45) is 11.5 Å². The van der Waals surface area contributed by atoms with E-state index >= 15 is 0 Å². The van der Waals surface area contributed by atoms with E-state index in [1.54, 1.807) is 36.5 Å². The molecule has 0 saturated carbocycles. The van der Waals surface area contributed by atoms with E-state index in [4.69, 9.17) is 16.9 Å². The van der Waals surface area contributed by atoms with Crippen LogP contribution in [0.5, 0.6) is 0 Å². The Morgan fingerprint density at radius 1 is 1.22 bits per heavy atom. The van der Waals surface area contributed by atoms with Crippen LogP contribution in [0.3, 0.4) is 0 Å². The minimum atomic E-state index is -2.96. The van der Waals surface area contributed by atoms with Gasteiger partial charge in [-0.2, -0.15) is 0 Å². The molecule has 32 heavy (non-hydrogen) atoms. The predicted octanol–water partition coefficient (Wildman–Crippen LogP) is 1.68. The zero-order valence-electron chi connectivity index (χ0n) is 17.4. The van der Waals surface area contributed by atoms with Gasteiger partial charge in [-0.15, -0.1) is 11.3 Å². The number of nitrogens with zero attached hydrogens (tertiary/aromatic N) is 1. The van der Waals surface area contributed by atoms with E-state index in [2.05, 4.69) is 20.9 Å². The lowest BCUT2D eigenvalue weighted by molar-refractivity contribution is 0.0954. The minimum absolute atomic E-state index is 0.0173. The van der Waals surface area contributed by atoms with E-state index in [-0.39, 0.29) is 11.7 Å². The molecule has 0 aliphatic rings. The lowest BCUT2D eigenvalue weighted by Gasteiger charge is -2.21. The summed E-state index contributed by atoms with van der Waals surface area (Å²) in [5, 5.41) is 13.0. The third kappa shape index (κ3) is 6.01. The molecule has 3 rings (SSSR count). The summed E-state index contributed by atoms with van der Waals surface area (Å²) in [6, 6.07) is 13.5. The molecule has 7 N–H and O–H groups in total. The van der Waals surface area contributed by atoms with E-state index in [1.165, 1.54) is 11.3 Å². The Hall–Kier alpha value is -3.05. The summed E-state index contributed by atoms with van der Waals surface area (Å²) in [6.07, 6.45) is 2.16. The SMILES string of the molecule is C=S(=O)(NC(Cc1cccc(C(=N)N)c1)c1nccs1)c1cccc(C(=O)NCCN)c1. The Morgan fingerprint density at radius 2 is 1.97 bits per heavy atom. The molecule has 0 spiro atoms. The van der Waals surface area contributed by atoms with E-state index in [9.17, 15) is 9.00 Å². The molecule has 1 heterocycles. The van der Waals surface area contributed by atoms with Gasteiger partial charge in [0.2, 0.25) is 0 Å². The number of nitrogens with one attached hydrogen (secondary N) is 3. The summed E-state index contributed by atoms with van der Waals surface area (Å²) in [4.78, 5) is 17.1. The lowest BCUT2D eigenvalue weighted by atomic mass is 10.0. The monoisotopic (exact) mass is 470 g/mol. The molecule has 0 radical (unpaired) electrons. The molecule has 2 aromatic carbocycles. The number of amidine groups is 1. The molecule has 0 aliphatic carbocycles. The summed E-state index contributed by atoms with van der Waals surface area (Å²) in [6.45, 7) is 0.686. The van der Waals surface area contributed by atoms with Crippen molar-refractivity contribution < 1.29 is 9.00 Å². The normalized spacial score (nSPS) is 13.8. The lowest BCUT2D eigenvalue weighted by Crippen LogP contribution is -2.31. The van der Waals surface area contributed by atoms with Crippen molar-refractivity contribution in [3.8, 4) is 0 Å². The molecule has 1 aromatic heterocycles. The number of amides is 1. The average molecular weight is 471 g/mol. The van der Waals surface area contributed by atoms with E-state index in [0.29, 0.717) is 35.5 Å². The first-order valence-electron chi connectivity index (χ1n) is 9.86. The Labute approximate surface area is 191 Å². The molecule has 3 aromatic rings. The molecule has 2 unspecified atom stereocenters. The summed E-state index contributed by atoms with van der Waals surface area (Å²) >= 11 is 1.44. The van der Waals surface area contributed by atoms with Gasteiger partial charge in [-0.3, -0.25) is 10.2 Å². The third-order valence-electron chi connectivity index (χ3n) is 4.67. The Kier molecular flexibility index (Phi) is 7.75. The summed E-state index contributed by atoms with van der Waals surface area (Å²) in [5.41, 5.74) is 13.0. The maximum atomic E-state index is 13.6. The Morgan fingerprint density at radius 3 is 2.66 bits per heavy atom. The van der Waals surface area contributed by atoms with Crippen LogP contribution in [0.2, 0.25) is 0 Å². The van der Waals surface area contributed by atoms with Crippen LogP contribution in [0.4, 0.5) is 0 Å². The molecular weight excluding hydrogens is 444 g/mol. The van der Waals surface area contributed by atoms with Crippen LogP contribution in [0.25, 0.3) is 0 Å². The van der Waals surface area contributed by atoms with Gasteiger partial charge in [0.1, 0.15) is 10.8 Å². The molecule has 0 saturated heterocycles. The highest BCUT2D eigenvalue weighted by Crippen LogP contribution is 2.24. The second kappa shape index (κ2) is 10.5. The molecule has 2 atom stereocenters. The van der Waals surface area contributed by atoms with Crippen LogP contribution in [0.15, 0.2) is 65.0 Å². The largest absolute Gasteiger partial charge is 0.384 e. The second-order valence-electron chi connectivity index (χ2n) is 7.11. The number of rotatable bonds is 10. The van der Waals surface area contributed by atoms with Crippen LogP contribution in [0, 0.1) is 5.41 Å². The van der Waals surface area contributed by atoms with Crippen LogP contribution in [-0.4, -0.2) is 39.9 Å². The fraction of sp³-hybridized carbons (Fsp3) is 0.182. The fourth-order valence-electron chi connectivity index (χ4n) is 3.12. The number of aromatic nitrogens is 1. The second-order valence-corrected chi connectivity index (χ2v) is 10.1. The van der Waals surface area contributed by atoms with Crippen molar-refractivity contribution in [3.05, 3.63) is 81.8 Å². The summed E-state index contributed by atoms with van der Waals surface area (Å²) < 4.78 is 16.7. The van der Waals surface area contributed by atoms with Crippen molar-refractivity contribution in [2.75, 3.05) is 13.1 Å². The van der Waals surface area contributed by atoms with Crippen molar-refractivity contribution in [3.63, 3.8) is 0 Å². The first-order chi connectivity index (χ1) is 15.3. The molecular formula is C22H26N6O2S2. The van der Waals surface area contributed by atoms with Gasteiger partial charge < -0.3 is 16.8 Å². The summed E-state index contributed by atoms with van der Waals surface area (Å²) in [5.74, 6) is 3.62. The van der Waals surface area contributed by atoms with Crippen LogP contribution < -0.4 is 21.5 Å². The highest BCUT2D eigenvalue weighted by atomic mass is 32.2. The molecule has 8 nitrogen and oxygen atoms in total. The highest BCUT2D eigenvalue weighted by Gasteiger charge is 2.21. The van der Waals surface area contributed by atoms with Crippen LogP contribution in [-0.2, 0) is 16.1 Å². The minimum Gasteiger partial charge on any atom is -0.384 e. The van der Waals surface area contributed by atoms with Crippen LogP contribution in [0.1, 0.15) is 32.5 Å². The number of benzene rings is 2.